The topological polar surface area (TPSA) is 63.2 Å². The summed E-state index contributed by atoms with van der Waals surface area (Å²) in [6.45, 7) is 4.22. The highest BCUT2D eigenvalue weighted by atomic mass is 32.1. The number of hydrogen-bond acceptors (Lipinski definition) is 5. The molecule has 0 atom stereocenters. The molecule has 4 rings (SSSR count). The van der Waals surface area contributed by atoms with Gasteiger partial charge in [-0.2, -0.15) is 0 Å². The van der Waals surface area contributed by atoms with Gasteiger partial charge in [-0.1, -0.05) is 18.2 Å². The molecular formula is C21H21N3O2S. The molecule has 0 bridgehead atoms. The van der Waals surface area contributed by atoms with Crippen LogP contribution in [-0.4, -0.2) is 18.0 Å². The van der Waals surface area contributed by atoms with Crippen LogP contribution in [0.15, 0.2) is 42.5 Å². The normalized spacial score (nSPS) is 12.7. The molecule has 2 heterocycles. The maximum Gasteiger partial charge on any atom is 0.263 e. The average Bonchev–Trinajstić information content (AvgIpc) is 3.32. The van der Waals surface area contributed by atoms with Crippen molar-refractivity contribution in [1.82, 2.24) is 15.6 Å². The van der Waals surface area contributed by atoms with E-state index in [1.807, 2.05) is 31.2 Å². The van der Waals surface area contributed by atoms with Gasteiger partial charge in [0.2, 0.25) is 0 Å². The van der Waals surface area contributed by atoms with Gasteiger partial charge in [0.1, 0.15) is 15.6 Å². The van der Waals surface area contributed by atoms with Gasteiger partial charge in [-0.05, 0) is 47.9 Å². The molecule has 0 fully saturated rings. The number of amides is 1. The second-order valence-corrected chi connectivity index (χ2v) is 7.55. The molecule has 0 aliphatic carbocycles. The number of ether oxygens (including phenoxy) is 1. The number of aromatic nitrogens is 1. The molecule has 1 aromatic heterocycles. The van der Waals surface area contributed by atoms with Crippen LogP contribution in [0.1, 0.15) is 32.1 Å². The number of thiazole rings is 1. The van der Waals surface area contributed by atoms with Crippen LogP contribution < -0.4 is 15.4 Å². The van der Waals surface area contributed by atoms with Crippen LogP contribution in [0, 0.1) is 6.92 Å². The maximum atomic E-state index is 12.6. The Morgan fingerprint density at radius 2 is 1.96 bits per heavy atom. The Morgan fingerprint density at radius 3 is 2.74 bits per heavy atom. The van der Waals surface area contributed by atoms with Gasteiger partial charge >= 0.3 is 0 Å². The smallest absolute Gasteiger partial charge is 0.263 e. The lowest BCUT2D eigenvalue weighted by molar-refractivity contribution is 0.0954. The first-order valence-electron chi connectivity index (χ1n) is 8.85. The van der Waals surface area contributed by atoms with E-state index in [-0.39, 0.29) is 5.91 Å². The summed E-state index contributed by atoms with van der Waals surface area (Å²) in [7, 11) is 1.64. The molecule has 1 aliphatic rings. The molecule has 5 nitrogen and oxygen atoms in total. The summed E-state index contributed by atoms with van der Waals surface area (Å²) < 4.78 is 5.19. The van der Waals surface area contributed by atoms with Gasteiger partial charge in [-0.15, -0.1) is 11.3 Å². The highest BCUT2D eigenvalue weighted by Gasteiger charge is 2.17. The molecule has 2 N–H and O–H groups in total. The molecule has 0 unspecified atom stereocenters. The number of methoxy groups -OCH3 is 1. The monoisotopic (exact) mass is 379 g/mol. The van der Waals surface area contributed by atoms with E-state index in [2.05, 4.69) is 33.8 Å². The first kappa shape index (κ1) is 17.7. The second-order valence-electron chi connectivity index (χ2n) is 6.55. The molecule has 2 aromatic carbocycles. The highest BCUT2D eigenvalue weighted by Crippen LogP contribution is 2.29. The SMILES string of the molecule is COc1ccc(-c2nc(C)c(C(=O)NCc3ccc4c(c3)CNC4)s2)cc1. The van der Waals surface area contributed by atoms with Crippen molar-refractivity contribution in [3.8, 4) is 16.3 Å². The van der Waals surface area contributed by atoms with Gasteiger partial charge in [0, 0.05) is 25.2 Å². The summed E-state index contributed by atoms with van der Waals surface area (Å²) in [6, 6.07) is 14.1. The van der Waals surface area contributed by atoms with Crippen molar-refractivity contribution >= 4 is 17.2 Å². The largest absolute Gasteiger partial charge is 0.497 e. The van der Waals surface area contributed by atoms with E-state index in [4.69, 9.17) is 4.74 Å². The van der Waals surface area contributed by atoms with Crippen LogP contribution in [-0.2, 0) is 19.6 Å². The quantitative estimate of drug-likeness (QED) is 0.710. The third kappa shape index (κ3) is 3.72. The summed E-state index contributed by atoms with van der Waals surface area (Å²) in [5.74, 6) is 0.720. The number of rotatable bonds is 5. The minimum atomic E-state index is -0.0802. The predicted octanol–water partition coefficient (Wildman–Crippen LogP) is 3.66. The van der Waals surface area contributed by atoms with E-state index in [0.717, 1.165) is 40.7 Å². The summed E-state index contributed by atoms with van der Waals surface area (Å²) in [4.78, 5) is 17.9. The van der Waals surface area contributed by atoms with E-state index in [0.29, 0.717) is 11.4 Å². The van der Waals surface area contributed by atoms with E-state index in [1.165, 1.54) is 22.5 Å². The molecule has 1 aliphatic heterocycles. The fourth-order valence-corrected chi connectivity index (χ4v) is 4.17. The molecule has 1 amide bonds. The van der Waals surface area contributed by atoms with Gasteiger partial charge in [0.25, 0.3) is 5.91 Å². The number of nitrogens with zero attached hydrogens (tertiary/aromatic N) is 1. The fourth-order valence-electron chi connectivity index (χ4n) is 3.18. The van der Waals surface area contributed by atoms with Gasteiger partial charge in [0.05, 0.1) is 12.8 Å². The van der Waals surface area contributed by atoms with Crippen LogP contribution in [0.25, 0.3) is 10.6 Å². The van der Waals surface area contributed by atoms with E-state index in [9.17, 15) is 4.79 Å². The van der Waals surface area contributed by atoms with E-state index in [1.54, 1.807) is 7.11 Å². The van der Waals surface area contributed by atoms with Crippen molar-refractivity contribution in [2.45, 2.75) is 26.6 Å². The van der Waals surface area contributed by atoms with Crippen molar-refractivity contribution in [1.29, 1.82) is 0 Å². The summed E-state index contributed by atoms with van der Waals surface area (Å²) >= 11 is 1.42. The Kier molecular flexibility index (Phi) is 4.92. The van der Waals surface area contributed by atoms with E-state index >= 15 is 0 Å². The standard InChI is InChI=1S/C21H21N3O2S/c1-13-19(27-21(24-13)15-5-7-18(26-2)8-6-15)20(25)23-10-14-3-4-16-11-22-12-17(16)9-14/h3-9,22H,10-12H2,1-2H3,(H,23,25). The van der Waals surface area contributed by atoms with Gasteiger partial charge in [0.15, 0.2) is 0 Å². The molecule has 3 aromatic rings. The highest BCUT2D eigenvalue weighted by molar-refractivity contribution is 7.17. The number of hydrogen-bond donors (Lipinski definition) is 2. The predicted molar refractivity (Wildman–Crippen MR) is 107 cm³/mol. The zero-order valence-electron chi connectivity index (χ0n) is 15.3. The molecule has 138 valence electrons. The van der Waals surface area contributed by atoms with Crippen LogP contribution in [0.4, 0.5) is 0 Å². The Hall–Kier alpha value is -2.70. The number of fused-ring (bicyclic) bond motifs is 1. The third-order valence-corrected chi connectivity index (χ3v) is 5.90. The number of aryl methyl sites for hydroxylation is 1. The summed E-state index contributed by atoms with van der Waals surface area (Å²) in [5.41, 5.74) is 5.50. The van der Waals surface area contributed by atoms with Gasteiger partial charge < -0.3 is 15.4 Å². The zero-order chi connectivity index (χ0) is 18.8. The van der Waals surface area contributed by atoms with Crippen LogP contribution in [0.3, 0.4) is 0 Å². The molecular weight excluding hydrogens is 358 g/mol. The van der Waals surface area contributed by atoms with Crippen molar-refractivity contribution in [3.63, 3.8) is 0 Å². The molecule has 0 saturated heterocycles. The first-order valence-corrected chi connectivity index (χ1v) is 9.67. The van der Waals surface area contributed by atoms with Crippen molar-refractivity contribution in [2.24, 2.45) is 0 Å². The summed E-state index contributed by atoms with van der Waals surface area (Å²) in [5, 5.41) is 7.20. The van der Waals surface area contributed by atoms with Crippen molar-refractivity contribution in [2.75, 3.05) is 7.11 Å². The molecule has 0 radical (unpaired) electrons. The van der Waals surface area contributed by atoms with Crippen LogP contribution in [0.5, 0.6) is 5.75 Å². The maximum absolute atomic E-state index is 12.6. The first-order chi connectivity index (χ1) is 13.1. The minimum absolute atomic E-state index is 0.0802. The Labute approximate surface area is 162 Å². The van der Waals surface area contributed by atoms with Gasteiger partial charge in [-0.25, -0.2) is 4.98 Å². The fraction of sp³-hybridized carbons (Fsp3) is 0.238. The number of carbonyl (C=O) groups excluding carboxylic acids is 1. The average molecular weight is 379 g/mol. The Balaban J connectivity index is 1.46. The van der Waals surface area contributed by atoms with Crippen LogP contribution in [0.2, 0.25) is 0 Å². The molecule has 0 saturated carbocycles. The number of carbonyl (C=O) groups is 1. The zero-order valence-corrected chi connectivity index (χ0v) is 16.2. The Bertz CT molecular complexity index is 980. The lowest BCUT2D eigenvalue weighted by Gasteiger charge is -2.06. The van der Waals surface area contributed by atoms with Crippen molar-refractivity contribution < 1.29 is 9.53 Å². The molecule has 0 spiro atoms. The van der Waals surface area contributed by atoms with Crippen molar-refractivity contribution in [3.05, 3.63) is 69.7 Å². The van der Waals surface area contributed by atoms with E-state index < -0.39 is 0 Å². The molecule has 27 heavy (non-hydrogen) atoms. The lowest BCUT2D eigenvalue weighted by Crippen LogP contribution is -2.22. The second kappa shape index (κ2) is 7.50. The lowest BCUT2D eigenvalue weighted by atomic mass is 10.1. The minimum Gasteiger partial charge on any atom is -0.497 e. The number of benzene rings is 2. The van der Waals surface area contributed by atoms with Crippen LogP contribution >= 0.6 is 11.3 Å². The summed E-state index contributed by atoms with van der Waals surface area (Å²) in [6.07, 6.45) is 0. The number of nitrogens with one attached hydrogen (secondary N) is 2. The molecule has 6 heteroatoms. The third-order valence-electron chi connectivity index (χ3n) is 4.69. The van der Waals surface area contributed by atoms with Gasteiger partial charge in [-0.3, -0.25) is 4.79 Å². The Morgan fingerprint density at radius 1 is 1.19 bits per heavy atom.